The molecule has 0 unspecified atom stereocenters. The Kier molecular flexibility index (Phi) is 5.07. The normalized spacial score (nSPS) is 11.4. The molecule has 0 aliphatic heterocycles. The van der Waals surface area contributed by atoms with Crippen LogP contribution in [-0.4, -0.2) is 20.4 Å². The Morgan fingerprint density at radius 3 is 1.23 bits per heavy atom. The first kappa shape index (κ1) is 20.4. The molecule has 31 heavy (non-hydrogen) atoms. The third kappa shape index (κ3) is 3.68. The summed E-state index contributed by atoms with van der Waals surface area (Å²) in [6.45, 7) is 3.85. The molecule has 0 saturated heterocycles. The molecule has 0 aliphatic carbocycles. The number of para-hydroxylation sites is 2. The van der Waals surface area contributed by atoms with Gasteiger partial charge in [-0.05, 0) is 35.4 Å². The summed E-state index contributed by atoms with van der Waals surface area (Å²) in [7, 11) is 0. The summed E-state index contributed by atoms with van der Waals surface area (Å²) in [4.78, 5) is 0. The standard InChI is InChI=1S/C27H24O4/c1-27(2,21-13-11-17(15-25(21)30)19-7-3-5-9-23(19)28)22-14-12-18(16-26(22)31)20-8-4-6-10-24(20)29/h3-16,28-31H,1-2H3. The Morgan fingerprint density at radius 2 is 0.871 bits per heavy atom. The quantitative estimate of drug-likeness (QED) is 0.323. The van der Waals surface area contributed by atoms with Gasteiger partial charge in [-0.25, -0.2) is 0 Å². The molecule has 4 nitrogen and oxygen atoms in total. The highest BCUT2D eigenvalue weighted by Crippen LogP contribution is 2.44. The molecule has 0 amide bonds. The monoisotopic (exact) mass is 412 g/mol. The van der Waals surface area contributed by atoms with E-state index >= 15 is 0 Å². The largest absolute Gasteiger partial charge is 0.508 e. The van der Waals surface area contributed by atoms with Gasteiger partial charge in [0.15, 0.2) is 0 Å². The fourth-order valence-corrected chi connectivity index (χ4v) is 4.04. The van der Waals surface area contributed by atoms with Gasteiger partial charge in [0.2, 0.25) is 0 Å². The number of phenols is 4. The van der Waals surface area contributed by atoms with Crippen molar-refractivity contribution in [3.05, 3.63) is 96.1 Å². The maximum Gasteiger partial charge on any atom is 0.123 e. The molecule has 0 spiro atoms. The molecule has 156 valence electrons. The number of hydrogen-bond acceptors (Lipinski definition) is 4. The van der Waals surface area contributed by atoms with Crippen LogP contribution in [0.5, 0.6) is 23.0 Å². The van der Waals surface area contributed by atoms with E-state index in [9.17, 15) is 20.4 Å². The maximum absolute atomic E-state index is 10.8. The van der Waals surface area contributed by atoms with Crippen molar-refractivity contribution in [1.29, 1.82) is 0 Å². The summed E-state index contributed by atoms with van der Waals surface area (Å²) in [5, 5.41) is 41.8. The molecule has 0 atom stereocenters. The van der Waals surface area contributed by atoms with E-state index in [1.165, 1.54) is 0 Å². The molecular formula is C27H24O4. The van der Waals surface area contributed by atoms with Crippen LogP contribution < -0.4 is 0 Å². The summed E-state index contributed by atoms with van der Waals surface area (Å²) in [6.07, 6.45) is 0. The average Bonchev–Trinajstić information content (AvgIpc) is 2.74. The molecule has 4 heteroatoms. The van der Waals surface area contributed by atoms with Gasteiger partial charge in [0.25, 0.3) is 0 Å². The second-order valence-corrected chi connectivity index (χ2v) is 8.12. The summed E-state index contributed by atoms with van der Waals surface area (Å²) in [6, 6.07) is 24.5. The Balaban J connectivity index is 1.73. The number of hydrogen-bond donors (Lipinski definition) is 4. The lowest BCUT2D eigenvalue weighted by molar-refractivity contribution is 0.436. The van der Waals surface area contributed by atoms with Crippen LogP contribution in [0.3, 0.4) is 0 Å². The molecular weight excluding hydrogens is 388 g/mol. The van der Waals surface area contributed by atoms with Gasteiger partial charge < -0.3 is 20.4 Å². The van der Waals surface area contributed by atoms with Crippen molar-refractivity contribution in [3.63, 3.8) is 0 Å². The van der Waals surface area contributed by atoms with Gasteiger partial charge in [0.05, 0.1) is 0 Å². The van der Waals surface area contributed by atoms with Gasteiger partial charge in [-0.2, -0.15) is 0 Å². The highest BCUT2D eigenvalue weighted by molar-refractivity contribution is 5.74. The number of phenolic OH excluding ortho intramolecular Hbond substituents is 4. The summed E-state index contributed by atoms with van der Waals surface area (Å²) >= 11 is 0. The molecule has 0 saturated carbocycles. The molecule has 0 heterocycles. The van der Waals surface area contributed by atoms with E-state index in [4.69, 9.17) is 0 Å². The van der Waals surface area contributed by atoms with Gasteiger partial charge in [-0.15, -0.1) is 0 Å². The minimum atomic E-state index is -0.692. The number of benzene rings is 4. The van der Waals surface area contributed by atoms with Crippen molar-refractivity contribution in [3.8, 4) is 45.3 Å². The van der Waals surface area contributed by atoms with Crippen LogP contribution in [0.1, 0.15) is 25.0 Å². The van der Waals surface area contributed by atoms with Gasteiger partial charge >= 0.3 is 0 Å². The Bertz CT molecular complexity index is 1160. The number of rotatable bonds is 4. The molecule has 0 aliphatic rings. The highest BCUT2D eigenvalue weighted by Gasteiger charge is 2.29. The van der Waals surface area contributed by atoms with Crippen LogP contribution in [0, 0.1) is 0 Å². The minimum Gasteiger partial charge on any atom is -0.508 e. The predicted molar refractivity (Wildman–Crippen MR) is 123 cm³/mol. The van der Waals surface area contributed by atoms with E-state index < -0.39 is 5.41 Å². The number of aromatic hydroxyl groups is 4. The van der Waals surface area contributed by atoms with Gasteiger partial charge in [0, 0.05) is 27.7 Å². The highest BCUT2D eigenvalue weighted by atomic mass is 16.3. The lowest BCUT2D eigenvalue weighted by Gasteiger charge is -2.28. The van der Waals surface area contributed by atoms with Crippen molar-refractivity contribution >= 4 is 0 Å². The van der Waals surface area contributed by atoms with Gasteiger partial charge in [-0.3, -0.25) is 0 Å². The molecule has 4 aromatic rings. The van der Waals surface area contributed by atoms with Crippen molar-refractivity contribution in [2.24, 2.45) is 0 Å². The van der Waals surface area contributed by atoms with E-state index in [0.29, 0.717) is 33.4 Å². The second kappa shape index (κ2) is 7.73. The first-order valence-corrected chi connectivity index (χ1v) is 10.0. The average molecular weight is 412 g/mol. The molecule has 0 aromatic heterocycles. The minimum absolute atomic E-state index is 0.0786. The lowest BCUT2D eigenvalue weighted by Crippen LogP contribution is -2.19. The summed E-state index contributed by atoms with van der Waals surface area (Å²) in [5.74, 6) is 0.447. The molecule has 4 rings (SSSR count). The van der Waals surface area contributed by atoms with E-state index in [0.717, 1.165) is 0 Å². The summed E-state index contributed by atoms with van der Waals surface area (Å²) in [5.41, 5.74) is 3.29. The van der Waals surface area contributed by atoms with Crippen molar-refractivity contribution in [2.45, 2.75) is 19.3 Å². The maximum atomic E-state index is 10.8. The van der Waals surface area contributed by atoms with E-state index in [2.05, 4.69) is 0 Å². The van der Waals surface area contributed by atoms with Crippen LogP contribution in [-0.2, 0) is 5.41 Å². The first-order valence-electron chi connectivity index (χ1n) is 10.0. The second-order valence-electron chi connectivity index (χ2n) is 8.12. The van der Waals surface area contributed by atoms with E-state index in [1.54, 1.807) is 48.5 Å². The van der Waals surface area contributed by atoms with Crippen molar-refractivity contribution < 1.29 is 20.4 Å². The van der Waals surface area contributed by atoms with Crippen LogP contribution in [0.25, 0.3) is 22.3 Å². The zero-order chi connectivity index (χ0) is 22.2. The zero-order valence-electron chi connectivity index (χ0n) is 17.4. The topological polar surface area (TPSA) is 80.9 Å². The molecule has 0 bridgehead atoms. The lowest BCUT2D eigenvalue weighted by atomic mass is 9.76. The first-order chi connectivity index (χ1) is 14.8. The molecule has 0 radical (unpaired) electrons. The Morgan fingerprint density at radius 1 is 0.484 bits per heavy atom. The molecule has 4 aromatic carbocycles. The zero-order valence-corrected chi connectivity index (χ0v) is 17.4. The Hall–Kier alpha value is -3.92. The van der Waals surface area contributed by atoms with Crippen LogP contribution >= 0.6 is 0 Å². The van der Waals surface area contributed by atoms with E-state index in [1.807, 2.05) is 50.2 Å². The Labute approximate surface area is 181 Å². The fourth-order valence-electron chi connectivity index (χ4n) is 4.04. The third-order valence-corrected chi connectivity index (χ3v) is 5.77. The summed E-state index contributed by atoms with van der Waals surface area (Å²) < 4.78 is 0. The van der Waals surface area contributed by atoms with Gasteiger partial charge in [-0.1, -0.05) is 74.5 Å². The van der Waals surface area contributed by atoms with E-state index in [-0.39, 0.29) is 23.0 Å². The predicted octanol–water partition coefficient (Wildman–Crippen LogP) is 6.17. The van der Waals surface area contributed by atoms with Crippen LogP contribution in [0.15, 0.2) is 84.9 Å². The molecule has 0 fully saturated rings. The SMILES string of the molecule is CC(C)(c1ccc(-c2ccccc2O)cc1O)c1ccc(-c2ccccc2O)cc1O. The van der Waals surface area contributed by atoms with Crippen molar-refractivity contribution in [2.75, 3.05) is 0 Å². The van der Waals surface area contributed by atoms with Gasteiger partial charge in [0.1, 0.15) is 23.0 Å². The smallest absolute Gasteiger partial charge is 0.123 e. The van der Waals surface area contributed by atoms with Crippen LogP contribution in [0.4, 0.5) is 0 Å². The fraction of sp³-hybridized carbons (Fsp3) is 0.111. The van der Waals surface area contributed by atoms with Crippen molar-refractivity contribution in [1.82, 2.24) is 0 Å². The van der Waals surface area contributed by atoms with Crippen LogP contribution in [0.2, 0.25) is 0 Å². The third-order valence-electron chi connectivity index (χ3n) is 5.77. The molecule has 4 N–H and O–H groups in total.